The molecule has 0 aliphatic carbocycles. The van der Waals surface area contributed by atoms with E-state index in [0.29, 0.717) is 5.39 Å². The van der Waals surface area contributed by atoms with Gasteiger partial charge >= 0.3 is 0 Å². The van der Waals surface area contributed by atoms with Gasteiger partial charge in [-0.3, -0.25) is 24.0 Å². The Morgan fingerprint density at radius 3 is 2.41 bits per heavy atom. The summed E-state index contributed by atoms with van der Waals surface area (Å²) in [5, 5.41) is 6.99. The van der Waals surface area contributed by atoms with Crippen molar-refractivity contribution >= 4 is 22.7 Å². The Kier molecular flexibility index (Phi) is 2.99. The Hall–Kier alpha value is -3.42. The number of aromatic amines is 1. The van der Waals surface area contributed by atoms with Crippen molar-refractivity contribution < 1.29 is 9.59 Å². The molecule has 0 spiro atoms. The van der Waals surface area contributed by atoms with E-state index in [1.807, 2.05) is 0 Å². The Morgan fingerprint density at radius 1 is 1.09 bits per heavy atom. The highest BCUT2D eigenvalue weighted by Crippen LogP contribution is 2.20. The number of pyridine rings is 1. The molecule has 0 saturated heterocycles. The van der Waals surface area contributed by atoms with E-state index in [0.717, 1.165) is 4.57 Å². The Morgan fingerprint density at radius 2 is 1.82 bits per heavy atom. The lowest BCUT2D eigenvalue weighted by molar-refractivity contribution is 0.0992. The van der Waals surface area contributed by atoms with E-state index >= 15 is 0 Å². The third-order valence-corrected chi connectivity index (χ3v) is 3.27. The second-order valence-corrected chi connectivity index (χ2v) is 4.60. The first-order valence-electron chi connectivity index (χ1n) is 6.29. The van der Waals surface area contributed by atoms with Crippen LogP contribution in [0.3, 0.4) is 0 Å². The molecule has 8 heteroatoms. The number of carbonyl (C=O) groups excluding carboxylic acids is 2. The summed E-state index contributed by atoms with van der Waals surface area (Å²) in [5.41, 5.74) is 10.2. The Labute approximate surface area is 123 Å². The van der Waals surface area contributed by atoms with Crippen LogP contribution in [0.4, 0.5) is 0 Å². The van der Waals surface area contributed by atoms with Crippen molar-refractivity contribution in [3.63, 3.8) is 0 Å². The molecule has 0 unspecified atom stereocenters. The minimum atomic E-state index is -0.860. The molecule has 0 radical (unpaired) electrons. The van der Waals surface area contributed by atoms with Gasteiger partial charge in [-0.2, -0.15) is 5.10 Å². The van der Waals surface area contributed by atoms with Crippen LogP contribution in [0.25, 0.3) is 16.7 Å². The van der Waals surface area contributed by atoms with Gasteiger partial charge in [-0.05, 0) is 12.1 Å². The summed E-state index contributed by atoms with van der Waals surface area (Å²) in [6.07, 6.45) is 1.51. The van der Waals surface area contributed by atoms with E-state index in [1.54, 1.807) is 12.1 Å². The number of nitrogens with one attached hydrogen (secondary N) is 1. The number of benzene rings is 1. The number of rotatable bonds is 3. The first-order chi connectivity index (χ1) is 10.5. The average Bonchev–Trinajstić information content (AvgIpc) is 2.99. The first kappa shape index (κ1) is 13.6. The molecule has 5 N–H and O–H groups in total. The fourth-order valence-electron chi connectivity index (χ4n) is 2.34. The van der Waals surface area contributed by atoms with E-state index in [9.17, 15) is 14.4 Å². The zero-order chi connectivity index (χ0) is 15.9. The van der Waals surface area contributed by atoms with Crippen LogP contribution in [0.1, 0.15) is 20.7 Å². The molecule has 2 amide bonds. The third-order valence-electron chi connectivity index (χ3n) is 3.27. The van der Waals surface area contributed by atoms with Gasteiger partial charge in [-0.15, -0.1) is 0 Å². The summed E-state index contributed by atoms with van der Waals surface area (Å²) in [5.74, 6) is -1.33. The van der Waals surface area contributed by atoms with E-state index in [-0.39, 0.29) is 22.5 Å². The van der Waals surface area contributed by atoms with Crippen molar-refractivity contribution in [1.82, 2.24) is 14.8 Å². The van der Waals surface area contributed by atoms with Crippen LogP contribution in [0.15, 0.2) is 41.3 Å². The minimum Gasteiger partial charge on any atom is -0.366 e. The van der Waals surface area contributed by atoms with Crippen molar-refractivity contribution in [3.05, 3.63) is 58.0 Å². The zero-order valence-electron chi connectivity index (χ0n) is 11.2. The van der Waals surface area contributed by atoms with Crippen LogP contribution < -0.4 is 17.0 Å². The number of para-hydroxylation sites is 1. The van der Waals surface area contributed by atoms with Crippen LogP contribution in [-0.2, 0) is 0 Å². The molecule has 3 aromatic rings. The highest BCUT2D eigenvalue weighted by molar-refractivity contribution is 6.06. The van der Waals surface area contributed by atoms with Crippen molar-refractivity contribution in [2.75, 3.05) is 0 Å². The van der Waals surface area contributed by atoms with Gasteiger partial charge in [0.1, 0.15) is 5.56 Å². The second kappa shape index (κ2) is 4.85. The van der Waals surface area contributed by atoms with Crippen LogP contribution in [0, 0.1) is 0 Å². The largest absolute Gasteiger partial charge is 0.366 e. The van der Waals surface area contributed by atoms with Gasteiger partial charge in [0, 0.05) is 17.6 Å². The molecule has 2 heterocycles. The highest BCUT2D eigenvalue weighted by atomic mass is 16.2. The van der Waals surface area contributed by atoms with Crippen LogP contribution in [-0.4, -0.2) is 26.6 Å². The lowest BCUT2D eigenvalue weighted by atomic mass is 10.1. The number of primary amides is 2. The number of aromatic nitrogens is 3. The smallest absolute Gasteiger partial charge is 0.269 e. The fraction of sp³-hybridized carbons (Fsp3) is 0. The molecule has 0 aliphatic rings. The summed E-state index contributed by atoms with van der Waals surface area (Å²) < 4.78 is 1.14. The van der Waals surface area contributed by atoms with E-state index in [1.165, 1.54) is 24.4 Å². The molecular weight excluding hydrogens is 286 g/mol. The SMILES string of the molecule is NC(=O)c1cc2cccc(C(N)=O)c2n(-c2cc[nH]n2)c1=O. The van der Waals surface area contributed by atoms with Gasteiger partial charge in [-0.1, -0.05) is 12.1 Å². The van der Waals surface area contributed by atoms with E-state index < -0.39 is 17.4 Å². The predicted octanol–water partition coefficient (Wildman–Crippen LogP) is -0.0884. The summed E-state index contributed by atoms with van der Waals surface area (Å²) in [6.45, 7) is 0. The van der Waals surface area contributed by atoms with Crippen LogP contribution in [0.2, 0.25) is 0 Å². The maximum atomic E-state index is 12.6. The van der Waals surface area contributed by atoms with Gasteiger partial charge in [-0.25, -0.2) is 0 Å². The van der Waals surface area contributed by atoms with Crippen molar-refractivity contribution in [2.45, 2.75) is 0 Å². The van der Waals surface area contributed by atoms with Crippen LogP contribution >= 0.6 is 0 Å². The number of hydrogen-bond acceptors (Lipinski definition) is 4. The van der Waals surface area contributed by atoms with Gasteiger partial charge in [0.2, 0.25) is 0 Å². The number of fused-ring (bicyclic) bond motifs is 1. The monoisotopic (exact) mass is 297 g/mol. The summed E-state index contributed by atoms with van der Waals surface area (Å²) in [4.78, 5) is 35.7. The van der Waals surface area contributed by atoms with Gasteiger partial charge in [0.15, 0.2) is 5.82 Å². The summed E-state index contributed by atoms with van der Waals surface area (Å²) in [7, 11) is 0. The van der Waals surface area contributed by atoms with Crippen molar-refractivity contribution in [2.24, 2.45) is 11.5 Å². The third kappa shape index (κ3) is 1.94. The molecular formula is C14H11N5O3. The lowest BCUT2D eigenvalue weighted by Crippen LogP contribution is -2.30. The van der Waals surface area contributed by atoms with Gasteiger partial charge < -0.3 is 11.5 Å². The molecule has 1 aromatic carbocycles. The number of nitrogens with zero attached hydrogens (tertiary/aromatic N) is 2. The number of hydrogen-bond donors (Lipinski definition) is 3. The van der Waals surface area contributed by atoms with Gasteiger partial charge in [0.25, 0.3) is 17.4 Å². The molecule has 8 nitrogen and oxygen atoms in total. The Balaban J connectivity index is 2.57. The number of nitrogens with two attached hydrogens (primary N) is 2. The molecule has 0 aliphatic heterocycles. The maximum Gasteiger partial charge on any atom is 0.269 e. The summed E-state index contributed by atoms with van der Waals surface area (Å²) in [6, 6.07) is 7.62. The van der Waals surface area contributed by atoms with Crippen molar-refractivity contribution in [1.29, 1.82) is 0 Å². The highest BCUT2D eigenvalue weighted by Gasteiger charge is 2.19. The predicted molar refractivity (Wildman–Crippen MR) is 78.7 cm³/mol. The molecule has 3 rings (SSSR count). The van der Waals surface area contributed by atoms with Crippen molar-refractivity contribution in [3.8, 4) is 5.82 Å². The Bertz CT molecular complexity index is 957. The molecule has 22 heavy (non-hydrogen) atoms. The zero-order valence-corrected chi connectivity index (χ0v) is 11.2. The fourth-order valence-corrected chi connectivity index (χ4v) is 2.34. The van der Waals surface area contributed by atoms with Gasteiger partial charge in [0.05, 0.1) is 11.1 Å². The van der Waals surface area contributed by atoms with Crippen LogP contribution in [0.5, 0.6) is 0 Å². The molecule has 0 saturated carbocycles. The lowest BCUT2D eigenvalue weighted by Gasteiger charge is -2.12. The maximum absolute atomic E-state index is 12.6. The standard InChI is InChI=1S/C14H11N5O3/c15-12(20)8-3-1-2-7-6-9(13(16)21)14(22)19(11(7)8)10-4-5-17-18-10/h1-6H,(H2,15,20)(H2,16,21)(H,17,18). The molecule has 0 bridgehead atoms. The minimum absolute atomic E-state index is 0.147. The number of amides is 2. The first-order valence-corrected chi connectivity index (χ1v) is 6.29. The number of carbonyl (C=O) groups is 2. The van der Waals surface area contributed by atoms with E-state index in [2.05, 4.69) is 10.2 Å². The molecule has 0 atom stereocenters. The summed E-state index contributed by atoms with van der Waals surface area (Å²) >= 11 is 0. The average molecular weight is 297 g/mol. The topological polar surface area (TPSA) is 137 Å². The quantitative estimate of drug-likeness (QED) is 0.622. The molecule has 0 fully saturated rings. The normalized spacial score (nSPS) is 10.7. The van der Waals surface area contributed by atoms with E-state index in [4.69, 9.17) is 11.5 Å². The molecule has 2 aromatic heterocycles. The second-order valence-electron chi connectivity index (χ2n) is 4.60. The number of H-pyrrole nitrogens is 1. The molecule has 110 valence electrons.